The topological polar surface area (TPSA) is 29.1 Å². The molecule has 10 heavy (non-hydrogen) atoms. The van der Waals surface area contributed by atoms with E-state index in [9.17, 15) is 4.79 Å². The average Bonchev–Trinajstić information content (AvgIpc) is 2.31. The van der Waals surface area contributed by atoms with Crippen molar-refractivity contribution in [2.45, 2.75) is 4.71 Å². The number of carbonyl (C=O) groups is 1. The Kier molecular flexibility index (Phi) is 2.93. The van der Waals surface area contributed by atoms with Crippen LogP contribution in [-0.2, 0) is 4.79 Å². The van der Waals surface area contributed by atoms with E-state index in [-0.39, 0.29) is 10.6 Å². The number of hydrogen-bond acceptors (Lipinski definition) is 3. The Hall–Kier alpha value is -0.310. The van der Waals surface area contributed by atoms with Gasteiger partial charge in [-0.25, -0.2) is 0 Å². The third-order valence-electron chi connectivity index (χ3n) is 0.920. The minimum Gasteiger partial charge on any atom is -0.334 e. The van der Waals surface area contributed by atoms with E-state index in [0.717, 1.165) is 0 Å². The van der Waals surface area contributed by atoms with E-state index in [1.807, 2.05) is 0 Å². The smallest absolute Gasteiger partial charge is 0.231 e. The fraction of sp³-hybridized carbons (Fsp3) is 0.333. The van der Waals surface area contributed by atoms with E-state index >= 15 is 0 Å². The van der Waals surface area contributed by atoms with Gasteiger partial charge in [-0.05, 0) is 0 Å². The number of amides is 1. The Morgan fingerprint density at radius 1 is 2.00 bits per heavy atom. The van der Waals surface area contributed by atoms with Crippen LogP contribution in [0.4, 0.5) is 0 Å². The van der Waals surface area contributed by atoms with Gasteiger partial charge in [-0.1, -0.05) is 18.3 Å². The Morgan fingerprint density at radius 2 is 2.80 bits per heavy atom. The van der Waals surface area contributed by atoms with Crippen LogP contribution in [0, 0.1) is 0 Å². The van der Waals surface area contributed by atoms with Crippen molar-refractivity contribution in [3.8, 4) is 0 Å². The summed E-state index contributed by atoms with van der Waals surface area (Å²) in [5, 5.41) is 4.53. The SMILES string of the molecule is C=C=CSC1NC(=O)CS1. The number of nitrogens with one attached hydrogen (secondary N) is 1. The lowest BCUT2D eigenvalue weighted by Crippen LogP contribution is -2.21. The quantitative estimate of drug-likeness (QED) is 0.635. The van der Waals surface area contributed by atoms with Crippen molar-refractivity contribution in [2.24, 2.45) is 0 Å². The van der Waals surface area contributed by atoms with Crippen LogP contribution in [0.15, 0.2) is 17.7 Å². The van der Waals surface area contributed by atoms with Gasteiger partial charge < -0.3 is 5.32 Å². The third-order valence-corrected chi connectivity index (χ3v) is 3.18. The zero-order chi connectivity index (χ0) is 7.40. The van der Waals surface area contributed by atoms with Crippen molar-refractivity contribution >= 4 is 29.4 Å². The molecule has 0 aliphatic carbocycles. The first-order valence-electron chi connectivity index (χ1n) is 2.73. The predicted octanol–water partition coefficient (Wildman–Crippen LogP) is 1.16. The molecule has 1 unspecified atom stereocenters. The Morgan fingerprint density at radius 3 is 3.30 bits per heavy atom. The zero-order valence-corrected chi connectivity index (χ0v) is 6.93. The van der Waals surface area contributed by atoms with E-state index in [4.69, 9.17) is 0 Å². The van der Waals surface area contributed by atoms with Crippen molar-refractivity contribution in [3.05, 3.63) is 17.7 Å². The molecule has 1 fully saturated rings. The van der Waals surface area contributed by atoms with Crippen molar-refractivity contribution in [1.82, 2.24) is 5.32 Å². The van der Waals surface area contributed by atoms with Gasteiger partial charge in [-0.3, -0.25) is 4.79 Å². The van der Waals surface area contributed by atoms with Gasteiger partial charge in [0.15, 0.2) is 0 Å². The van der Waals surface area contributed by atoms with Gasteiger partial charge in [0.2, 0.25) is 5.91 Å². The van der Waals surface area contributed by atoms with Crippen LogP contribution in [0.5, 0.6) is 0 Å². The second kappa shape index (κ2) is 3.76. The molecular formula is C6H7NOS2. The molecule has 1 saturated heterocycles. The lowest BCUT2D eigenvalue weighted by molar-refractivity contribution is -0.117. The monoisotopic (exact) mass is 173 g/mol. The predicted molar refractivity (Wildman–Crippen MR) is 45.7 cm³/mol. The highest BCUT2D eigenvalue weighted by Gasteiger charge is 2.20. The molecule has 1 rings (SSSR count). The minimum atomic E-state index is 0.111. The minimum absolute atomic E-state index is 0.111. The molecule has 4 heteroatoms. The Balaban J connectivity index is 2.31. The summed E-state index contributed by atoms with van der Waals surface area (Å²) in [5.74, 6) is 0.683. The summed E-state index contributed by atoms with van der Waals surface area (Å²) >= 11 is 3.11. The summed E-state index contributed by atoms with van der Waals surface area (Å²) in [5.41, 5.74) is 2.63. The third kappa shape index (κ3) is 2.14. The normalized spacial score (nSPS) is 23.6. The molecule has 1 heterocycles. The maximum atomic E-state index is 10.6. The van der Waals surface area contributed by atoms with Crippen LogP contribution < -0.4 is 5.32 Å². The fourth-order valence-electron chi connectivity index (χ4n) is 0.549. The van der Waals surface area contributed by atoms with Crippen LogP contribution >= 0.6 is 23.5 Å². The molecule has 0 bridgehead atoms. The molecule has 1 aliphatic heterocycles. The molecular weight excluding hydrogens is 166 g/mol. The van der Waals surface area contributed by atoms with Gasteiger partial charge in [0.1, 0.15) is 4.71 Å². The number of carbonyl (C=O) groups excluding carboxylic acids is 1. The lowest BCUT2D eigenvalue weighted by Gasteiger charge is -2.01. The first-order valence-corrected chi connectivity index (χ1v) is 4.73. The van der Waals surface area contributed by atoms with Crippen LogP contribution in [0.25, 0.3) is 0 Å². The summed E-state index contributed by atoms with van der Waals surface area (Å²) < 4.78 is 0.168. The van der Waals surface area contributed by atoms with Gasteiger partial charge in [-0.15, -0.1) is 17.5 Å². The molecule has 0 aromatic carbocycles. The molecule has 2 nitrogen and oxygen atoms in total. The largest absolute Gasteiger partial charge is 0.334 e. The number of rotatable bonds is 2. The number of hydrogen-bond donors (Lipinski definition) is 1. The summed E-state index contributed by atoms with van der Waals surface area (Å²) in [6, 6.07) is 0. The van der Waals surface area contributed by atoms with E-state index in [1.165, 1.54) is 11.8 Å². The van der Waals surface area contributed by atoms with Crippen LogP contribution in [0.3, 0.4) is 0 Å². The molecule has 1 atom stereocenters. The molecule has 0 aromatic rings. The van der Waals surface area contributed by atoms with Crippen molar-refractivity contribution in [1.29, 1.82) is 0 Å². The van der Waals surface area contributed by atoms with Crippen molar-refractivity contribution in [3.63, 3.8) is 0 Å². The first kappa shape index (κ1) is 7.79. The molecule has 1 amide bonds. The molecule has 1 N–H and O–H groups in total. The summed E-state index contributed by atoms with van der Waals surface area (Å²) in [4.78, 5) is 10.6. The van der Waals surface area contributed by atoms with Gasteiger partial charge in [0, 0.05) is 5.41 Å². The zero-order valence-electron chi connectivity index (χ0n) is 5.29. The summed E-state index contributed by atoms with van der Waals surface area (Å²) in [6.45, 7) is 3.42. The summed E-state index contributed by atoms with van der Waals surface area (Å²) in [7, 11) is 0. The van der Waals surface area contributed by atoms with Crippen LogP contribution in [0.1, 0.15) is 0 Å². The van der Waals surface area contributed by atoms with E-state index in [2.05, 4.69) is 17.6 Å². The van der Waals surface area contributed by atoms with E-state index in [0.29, 0.717) is 5.75 Å². The second-order valence-corrected chi connectivity index (χ2v) is 4.04. The van der Waals surface area contributed by atoms with E-state index < -0.39 is 0 Å². The van der Waals surface area contributed by atoms with Crippen LogP contribution in [-0.4, -0.2) is 16.4 Å². The maximum Gasteiger partial charge on any atom is 0.231 e. The van der Waals surface area contributed by atoms with Gasteiger partial charge >= 0.3 is 0 Å². The van der Waals surface area contributed by atoms with Crippen LogP contribution in [0.2, 0.25) is 0 Å². The Labute approximate surface area is 68.1 Å². The molecule has 1 aliphatic rings. The molecule has 0 aromatic heterocycles. The average molecular weight is 173 g/mol. The first-order chi connectivity index (χ1) is 4.83. The van der Waals surface area contributed by atoms with Gasteiger partial charge in [0.25, 0.3) is 0 Å². The molecule has 0 saturated carbocycles. The molecule has 54 valence electrons. The highest BCUT2D eigenvalue weighted by atomic mass is 32.2. The van der Waals surface area contributed by atoms with Gasteiger partial charge in [-0.2, -0.15) is 0 Å². The molecule has 0 spiro atoms. The second-order valence-electron chi connectivity index (χ2n) is 1.67. The number of thioether (sulfide) groups is 2. The molecule has 0 radical (unpaired) electrons. The Bertz CT molecular complexity index is 186. The summed E-state index contributed by atoms with van der Waals surface area (Å²) in [6.07, 6.45) is 0. The van der Waals surface area contributed by atoms with Gasteiger partial charge in [0.05, 0.1) is 5.75 Å². The maximum absolute atomic E-state index is 10.6. The van der Waals surface area contributed by atoms with Crippen molar-refractivity contribution < 1.29 is 4.79 Å². The van der Waals surface area contributed by atoms with Crippen molar-refractivity contribution in [2.75, 3.05) is 5.75 Å². The standard InChI is InChI=1S/C6H7NOS2/c1-2-3-9-6-7-5(8)4-10-6/h3,6H,1,4H2,(H,7,8). The van der Waals surface area contributed by atoms with E-state index in [1.54, 1.807) is 17.2 Å². The fourth-order valence-corrected chi connectivity index (χ4v) is 2.25. The highest BCUT2D eigenvalue weighted by Crippen LogP contribution is 2.25. The lowest BCUT2D eigenvalue weighted by atomic mass is 10.7. The highest BCUT2D eigenvalue weighted by molar-refractivity contribution is 8.18.